The molecule has 1 saturated heterocycles. The molecule has 0 radical (unpaired) electrons. The molecule has 3 amide bonds. The fourth-order valence-electron chi connectivity index (χ4n) is 5.02. The number of carboxylic acids is 1. The smallest absolute Gasteiger partial charge is 0.323 e. The number of hydrogen-bond donors (Lipinski definition) is 5. The number of H-pyrrole nitrogens is 1. The van der Waals surface area contributed by atoms with E-state index in [0.717, 1.165) is 18.5 Å². The number of urea groups is 1. The van der Waals surface area contributed by atoms with Gasteiger partial charge in [0.1, 0.15) is 23.4 Å². The second kappa shape index (κ2) is 13.8. The van der Waals surface area contributed by atoms with Crippen molar-refractivity contribution in [2.45, 2.75) is 32.2 Å². The van der Waals surface area contributed by atoms with Gasteiger partial charge in [0.25, 0.3) is 5.91 Å². The van der Waals surface area contributed by atoms with E-state index in [1.54, 1.807) is 67.0 Å². The zero-order valence-corrected chi connectivity index (χ0v) is 24.1. The van der Waals surface area contributed by atoms with Gasteiger partial charge in [-0.1, -0.05) is 6.07 Å². The van der Waals surface area contributed by atoms with E-state index in [4.69, 9.17) is 4.74 Å². The molecule has 5 rings (SSSR count). The average Bonchev–Trinajstić information content (AvgIpc) is 3.69. The van der Waals surface area contributed by atoms with E-state index in [9.17, 15) is 23.9 Å². The second-order valence-electron chi connectivity index (χ2n) is 10.5. The lowest BCUT2D eigenvalue weighted by atomic mass is 10.2. The van der Waals surface area contributed by atoms with E-state index in [-0.39, 0.29) is 11.6 Å². The van der Waals surface area contributed by atoms with Crippen LogP contribution in [0.3, 0.4) is 0 Å². The van der Waals surface area contributed by atoms with Crippen LogP contribution in [0, 0.1) is 12.7 Å². The number of anilines is 2. The summed E-state index contributed by atoms with van der Waals surface area (Å²) in [5.41, 5.74) is 3.08. The maximum Gasteiger partial charge on any atom is 0.323 e. The number of nitrogens with zero attached hydrogens (tertiary/aromatic N) is 2. The maximum atomic E-state index is 13.9. The van der Waals surface area contributed by atoms with Crippen LogP contribution in [0.5, 0.6) is 11.5 Å². The Bertz CT molecular complexity index is 1640. The lowest BCUT2D eigenvalue weighted by Gasteiger charge is -2.20. The van der Waals surface area contributed by atoms with Gasteiger partial charge in [-0.2, -0.15) is 0 Å². The van der Waals surface area contributed by atoms with E-state index in [0.29, 0.717) is 60.1 Å². The molecular weight excluding hydrogens is 567 g/mol. The van der Waals surface area contributed by atoms with Gasteiger partial charge in [0, 0.05) is 37.2 Å². The number of carbonyl (C=O) groups excluding carboxylic acids is 2. The molecule has 0 aliphatic carbocycles. The minimum atomic E-state index is -0.792. The SMILES string of the molecule is Cc1ccc(F)c(NC(=O)Nc2ccc(Oc3ccnc(-c4cc(C(=O)NCCCN5CCCC5C(=O)O)c[nH]4)c3)cc2)c1. The number of aromatic nitrogens is 2. The molecule has 0 saturated carbocycles. The Morgan fingerprint density at radius 1 is 1.07 bits per heavy atom. The summed E-state index contributed by atoms with van der Waals surface area (Å²) in [5, 5.41) is 17.3. The number of pyridine rings is 1. The number of nitrogens with one attached hydrogen (secondary N) is 4. The van der Waals surface area contributed by atoms with Crippen LogP contribution in [0.15, 0.2) is 73.1 Å². The third kappa shape index (κ3) is 7.78. The molecule has 44 heavy (non-hydrogen) atoms. The zero-order chi connectivity index (χ0) is 31.1. The standard InChI is InChI=1S/C32H33FN6O5/c1-20-5-10-25(33)26(16-20)38-32(43)37-22-6-8-23(9-7-22)44-24-11-13-34-28(18-24)27-17-21(19-36-27)30(40)35-12-3-15-39-14-2-4-29(39)31(41)42/h5-11,13,16-19,29,36H,2-4,12,14-15H2,1H3,(H,35,40)(H,41,42)(H2,37,38,43). The number of aliphatic carboxylic acids is 1. The maximum absolute atomic E-state index is 13.9. The van der Waals surface area contributed by atoms with Crippen LogP contribution in [0.1, 0.15) is 35.2 Å². The van der Waals surface area contributed by atoms with Gasteiger partial charge < -0.3 is 30.8 Å². The number of hydrogen-bond acceptors (Lipinski definition) is 6. The highest BCUT2D eigenvalue weighted by Gasteiger charge is 2.29. The Kier molecular flexibility index (Phi) is 9.50. The number of carbonyl (C=O) groups is 3. The average molecular weight is 601 g/mol. The van der Waals surface area contributed by atoms with Gasteiger partial charge in [-0.15, -0.1) is 0 Å². The van der Waals surface area contributed by atoms with Crippen molar-refractivity contribution in [2.24, 2.45) is 0 Å². The molecule has 4 aromatic rings. The van der Waals surface area contributed by atoms with Gasteiger partial charge in [0.2, 0.25) is 0 Å². The Morgan fingerprint density at radius 2 is 1.89 bits per heavy atom. The van der Waals surface area contributed by atoms with E-state index >= 15 is 0 Å². The normalized spacial score (nSPS) is 14.6. The number of ether oxygens (including phenoxy) is 1. The highest BCUT2D eigenvalue weighted by atomic mass is 19.1. The number of rotatable bonds is 11. The summed E-state index contributed by atoms with van der Waals surface area (Å²) in [6, 6.07) is 15.3. The minimum absolute atomic E-state index is 0.0935. The molecule has 1 aliphatic heterocycles. The fourth-order valence-corrected chi connectivity index (χ4v) is 5.02. The number of amides is 3. The van der Waals surface area contributed by atoms with Crippen molar-refractivity contribution in [3.05, 3.63) is 90.0 Å². The predicted molar refractivity (Wildman–Crippen MR) is 163 cm³/mol. The van der Waals surface area contributed by atoms with Crippen LogP contribution in [0.2, 0.25) is 0 Å². The molecule has 1 unspecified atom stereocenters. The summed E-state index contributed by atoms with van der Waals surface area (Å²) >= 11 is 0. The molecule has 3 heterocycles. The van der Waals surface area contributed by atoms with Crippen molar-refractivity contribution >= 4 is 29.3 Å². The summed E-state index contributed by atoms with van der Waals surface area (Å²) in [6.45, 7) is 3.63. The molecule has 1 atom stereocenters. The topological polar surface area (TPSA) is 149 Å². The van der Waals surface area contributed by atoms with Gasteiger partial charge in [-0.05, 0) is 86.8 Å². The van der Waals surface area contributed by atoms with Gasteiger partial charge in [0.15, 0.2) is 0 Å². The lowest BCUT2D eigenvalue weighted by molar-refractivity contribution is -0.142. The first-order valence-electron chi connectivity index (χ1n) is 14.3. The number of halogens is 1. The summed E-state index contributed by atoms with van der Waals surface area (Å²) in [4.78, 5) is 45.7. The summed E-state index contributed by atoms with van der Waals surface area (Å²) in [5.74, 6) is -0.506. The Hall–Kier alpha value is -5.23. The molecule has 1 fully saturated rings. The van der Waals surface area contributed by atoms with Crippen LogP contribution < -0.4 is 20.7 Å². The van der Waals surface area contributed by atoms with Crippen molar-refractivity contribution in [1.82, 2.24) is 20.2 Å². The highest BCUT2D eigenvalue weighted by molar-refractivity contribution is 6.00. The second-order valence-corrected chi connectivity index (χ2v) is 10.5. The summed E-state index contributed by atoms with van der Waals surface area (Å²) in [7, 11) is 0. The number of carboxylic acid groups (broad SMARTS) is 1. The van der Waals surface area contributed by atoms with Crippen LogP contribution in [-0.2, 0) is 4.79 Å². The third-order valence-corrected chi connectivity index (χ3v) is 7.23. The van der Waals surface area contributed by atoms with E-state index in [1.165, 1.54) is 6.07 Å². The van der Waals surface area contributed by atoms with E-state index in [1.807, 2.05) is 11.8 Å². The molecule has 0 spiro atoms. The number of aryl methyl sites for hydroxylation is 1. The first kappa shape index (κ1) is 30.2. The van der Waals surface area contributed by atoms with Gasteiger partial charge in [0.05, 0.1) is 22.6 Å². The molecular formula is C32H33FN6O5. The monoisotopic (exact) mass is 600 g/mol. The molecule has 228 valence electrons. The van der Waals surface area contributed by atoms with Crippen LogP contribution in [0.4, 0.5) is 20.6 Å². The van der Waals surface area contributed by atoms with Crippen molar-refractivity contribution in [3.63, 3.8) is 0 Å². The van der Waals surface area contributed by atoms with E-state index in [2.05, 4.69) is 25.9 Å². The highest BCUT2D eigenvalue weighted by Crippen LogP contribution is 2.27. The molecule has 11 nitrogen and oxygen atoms in total. The summed E-state index contributed by atoms with van der Waals surface area (Å²) in [6.07, 6.45) is 5.40. The number of benzene rings is 2. The first-order chi connectivity index (χ1) is 21.2. The Morgan fingerprint density at radius 3 is 2.68 bits per heavy atom. The van der Waals surface area contributed by atoms with Crippen LogP contribution in [0.25, 0.3) is 11.4 Å². The first-order valence-corrected chi connectivity index (χ1v) is 14.3. The third-order valence-electron chi connectivity index (χ3n) is 7.23. The van der Waals surface area contributed by atoms with Crippen molar-refractivity contribution in [3.8, 4) is 22.9 Å². The van der Waals surface area contributed by atoms with Crippen molar-refractivity contribution in [1.29, 1.82) is 0 Å². The van der Waals surface area contributed by atoms with Crippen LogP contribution in [-0.4, -0.2) is 63.6 Å². The predicted octanol–water partition coefficient (Wildman–Crippen LogP) is 5.63. The van der Waals surface area contributed by atoms with Gasteiger partial charge in [-0.3, -0.25) is 19.5 Å². The Balaban J connectivity index is 1.11. The van der Waals surface area contributed by atoms with E-state index < -0.39 is 23.9 Å². The van der Waals surface area contributed by atoms with Crippen LogP contribution >= 0.6 is 0 Å². The van der Waals surface area contributed by atoms with Crippen molar-refractivity contribution < 1.29 is 28.6 Å². The molecule has 2 aromatic carbocycles. The largest absolute Gasteiger partial charge is 0.480 e. The quantitative estimate of drug-likeness (QED) is 0.140. The molecule has 12 heteroatoms. The molecule has 2 aromatic heterocycles. The fraction of sp³-hybridized carbons (Fsp3) is 0.250. The zero-order valence-electron chi connectivity index (χ0n) is 24.1. The molecule has 0 bridgehead atoms. The van der Waals surface area contributed by atoms with Gasteiger partial charge in [-0.25, -0.2) is 9.18 Å². The van der Waals surface area contributed by atoms with Crippen molar-refractivity contribution in [2.75, 3.05) is 30.3 Å². The minimum Gasteiger partial charge on any atom is -0.480 e. The summed E-state index contributed by atoms with van der Waals surface area (Å²) < 4.78 is 19.9. The molecule has 1 aliphatic rings. The van der Waals surface area contributed by atoms with Gasteiger partial charge >= 0.3 is 12.0 Å². The molecule has 5 N–H and O–H groups in total. The Labute approximate surface area is 253 Å². The number of likely N-dealkylation sites (tertiary alicyclic amines) is 1. The number of aromatic amines is 1. The lowest BCUT2D eigenvalue weighted by Crippen LogP contribution is -2.37.